The molecule has 0 aliphatic heterocycles. The molecule has 1 rings (SSSR count). The van der Waals surface area contributed by atoms with Crippen LogP contribution in [0.15, 0.2) is 24.3 Å². The average molecular weight is 297 g/mol. The monoisotopic (exact) mass is 297 g/mol. The molecule has 0 bridgehead atoms. The van der Waals surface area contributed by atoms with Crippen LogP contribution in [0.25, 0.3) is 0 Å². The molecule has 0 saturated heterocycles. The molecule has 2 N–H and O–H groups in total. The number of aliphatic hydroxyl groups excluding tert-OH is 1. The normalized spacial score (nSPS) is 23.2. The lowest BCUT2D eigenvalue weighted by Crippen LogP contribution is -2.33. The number of allylic oxidation sites excluding steroid dienone is 2. The molecule has 122 valence electrons. The Labute approximate surface area is 129 Å². The fourth-order valence-corrected chi connectivity index (χ4v) is 2.31. The second-order valence-corrected chi connectivity index (χ2v) is 6.09. The van der Waals surface area contributed by atoms with Gasteiger partial charge >= 0.3 is 0 Å². The minimum absolute atomic E-state index is 0.395. The van der Waals surface area contributed by atoms with Gasteiger partial charge in [-0.15, -0.1) is 0 Å². The molecule has 0 radical (unpaired) electrons. The van der Waals surface area contributed by atoms with E-state index in [1.807, 2.05) is 6.92 Å². The van der Waals surface area contributed by atoms with Gasteiger partial charge in [-0.1, -0.05) is 31.2 Å². The van der Waals surface area contributed by atoms with E-state index < -0.39 is 6.10 Å². The van der Waals surface area contributed by atoms with Gasteiger partial charge in [0.15, 0.2) is 0 Å². The van der Waals surface area contributed by atoms with Gasteiger partial charge in [0.05, 0.1) is 32.5 Å². The molecular weight excluding hydrogens is 266 g/mol. The van der Waals surface area contributed by atoms with Crippen molar-refractivity contribution in [3.8, 4) is 0 Å². The van der Waals surface area contributed by atoms with E-state index in [1.54, 1.807) is 0 Å². The molecule has 0 heterocycles. The van der Waals surface area contributed by atoms with Crippen LogP contribution in [0.5, 0.6) is 0 Å². The molecular formula is C17H31NO3. The van der Waals surface area contributed by atoms with Crippen LogP contribution in [0, 0.1) is 11.8 Å². The van der Waals surface area contributed by atoms with Crippen LogP contribution >= 0.6 is 0 Å². The van der Waals surface area contributed by atoms with Crippen LogP contribution in [-0.4, -0.2) is 50.7 Å². The minimum atomic E-state index is -0.458. The Balaban J connectivity index is 1.95. The van der Waals surface area contributed by atoms with E-state index in [0.29, 0.717) is 38.2 Å². The van der Waals surface area contributed by atoms with Gasteiger partial charge in [-0.3, -0.25) is 0 Å². The predicted octanol–water partition coefficient (Wildman–Crippen LogP) is 2.15. The van der Waals surface area contributed by atoms with Crippen LogP contribution in [0.2, 0.25) is 0 Å². The summed E-state index contributed by atoms with van der Waals surface area (Å²) in [6.45, 7) is 11.6. The standard InChI is InChI=1S/C17H31NO3/c1-14(2)11-20-9-8-18-10-17(19)13-21-12-16-7-5-4-6-15(16)3/h4-5,15-19H,1,6-13H2,2-3H3. The molecule has 0 amide bonds. The average Bonchev–Trinajstić information content (AvgIpc) is 2.44. The Hall–Kier alpha value is -0.680. The van der Waals surface area contributed by atoms with Gasteiger partial charge in [0.1, 0.15) is 0 Å². The zero-order valence-corrected chi connectivity index (χ0v) is 13.5. The number of ether oxygens (including phenoxy) is 2. The van der Waals surface area contributed by atoms with Crippen molar-refractivity contribution in [3.63, 3.8) is 0 Å². The molecule has 0 aromatic rings. The molecule has 1 aliphatic carbocycles. The van der Waals surface area contributed by atoms with Crippen molar-refractivity contribution in [1.29, 1.82) is 0 Å². The topological polar surface area (TPSA) is 50.7 Å². The summed E-state index contributed by atoms with van der Waals surface area (Å²) in [5.74, 6) is 1.27. The van der Waals surface area contributed by atoms with Crippen molar-refractivity contribution in [2.75, 3.05) is 39.5 Å². The van der Waals surface area contributed by atoms with Gasteiger partial charge in [0.25, 0.3) is 0 Å². The predicted molar refractivity (Wildman–Crippen MR) is 86.4 cm³/mol. The number of hydrogen-bond acceptors (Lipinski definition) is 4. The van der Waals surface area contributed by atoms with E-state index in [-0.39, 0.29) is 0 Å². The Morgan fingerprint density at radius 1 is 1.38 bits per heavy atom. The summed E-state index contributed by atoms with van der Waals surface area (Å²) in [4.78, 5) is 0. The van der Waals surface area contributed by atoms with Gasteiger partial charge in [0, 0.05) is 13.1 Å². The maximum atomic E-state index is 9.83. The van der Waals surface area contributed by atoms with E-state index >= 15 is 0 Å². The lowest BCUT2D eigenvalue weighted by molar-refractivity contribution is 0.0123. The van der Waals surface area contributed by atoms with Crippen molar-refractivity contribution in [2.24, 2.45) is 11.8 Å². The third kappa shape index (κ3) is 9.04. The SMILES string of the molecule is C=C(C)COCCNCC(O)COCC1CC=CCC1C. The molecule has 0 fully saturated rings. The van der Waals surface area contributed by atoms with Gasteiger partial charge < -0.3 is 19.9 Å². The lowest BCUT2D eigenvalue weighted by Gasteiger charge is -2.25. The summed E-state index contributed by atoms with van der Waals surface area (Å²) < 4.78 is 11.0. The first kappa shape index (κ1) is 18.4. The molecule has 1 aliphatic rings. The molecule has 0 saturated carbocycles. The quantitative estimate of drug-likeness (QED) is 0.453. The van der Waals surface area contributed by atoms with Crippen molar-refractivity contribution >= 4 is 0 Å². The van der Waals surface area contributed by atoms with Crippen molar-refractivity contribution in [1.82, 2.24) is 5.32 Å². The highest BCUT2D eigenvalue weighted by molar-refractivity contribution is 4.93. The maximum absolute atomic E-state index is 9.83. The summed E-state index contributed by atoms with van der Waals surface area (Å²) in [5.41, 5.74) is 1.02. The smallest absolute Gasteiger partial charge is 0.0897 e. The second kappa shape index (κ2) is 11.0. The molecule has 4 nitrogen and oxygen atoms in total. The molecule has 4 heteroatoms. The number of rotatable bonds is 11. The van der Waals surface area contributed by atoms with E-state index in [4.69, 9.17) is 9.47 Å². The number of hydrogen-bond donors (Lipinski definition) is 2. The largest absolute Gasteiger partial charge is 0.389 e. The van der Waals surface area contributed by atoms with Gasteiger partial charge in [-0.25, -0.2) is 0 Å². The Bertz CT molecular complexity index is 317. The van der Waals surface area contributed by atoms with E-state index in [2.05, 4.69) is 31.0 Å². The fraction of sp³-hybridized carbons (Fsp3) is 0.765. The summed E-state index contributed by atoms with van der Waals surface area (Å²) in [5, 5.41) is 13.0. The first-order valence-corrected chi connectivity index (χ1v) is 7.93. The van der Waals surface area contributed by atoms with E-state index in [0.717, 1.165) is 31.6 Å². The zero-order chi connectivity index (χ0) is 15.5. The first-order chi connectivity index (χ1) is 10.1. The summed E-state index contributed by atoms with van der Waals surface area (Å²) in [6, 6.07) is 0. The Kier molecular flexibility index (Phi) is 9.59. The van der Waals surface area contributed by atoms with Crippen molar-refractivity contribution in [3.05, 3.63) is 24.3 Å². The van der Waals surface area contributed by atoms with Crippen LogP contribution < -0.4 is 5.32 Å². The van der Waals surface area contributed by atoms with Crippen LogP contribution in [0.3, 0.4) is 0 Å². The Morgan fingerprint density at radius 2 is 2.14 bits per heavy atom. The Morgan fingerprint density at radius 3 is 2.86 bits per heavy atom. The van der Waals surface area contributed by atoms with Crippen molar-refractivity contribution in [2.45, 2.75) is 32.8 Å². The van der Waals surface area contributed by atoms with E-state index in [1.165, 1.54) is 0 Å². The molecule has 21 heavy (non-hydrogen) atoms. The summed E-state index contributed by atoms with van der Waals surface area (Å²) >= 11 is 0. The van der Waals surface area contributed by atoms with Crippen LogP contribution in [0.4, 0.5) is 0 Å². The second-order valence-electron chi connectivity index (χ2n) is 6.09. The summed E-state index contributed by atoms with van der Waals surface area (Å²) in [6.07, 6.45) is 6.26. The van der Waals surface area contributed by atoms with Gasteiger partial charge in [-0.2, -0.15) is 0 Å². The third-order valence-corrected chi connectivity index (χ3v) is 3.71. The van der Waals surface area contributed by atoms with Crippen LogP contribution in [-0.2, 0) is 9.47 Å². The highest BCUT2D eigenvalue weighted by atomic mass is 16.5. The molecule has 0 aromatic heterocycles. The number of aliphatic hydroxyl groups is 1. The highest BCUT2D eigenvalue weighted by Gasteiger charge is 2.18. The highest BCUT2D eigenvalue weighted by Crippen LogP contribution is 2.24. The third-order valence-electron chi connectivity index (χ3n) is 3.71. The van der Waals surface area contributed by atoms with Gasteiger partial charge in [0.2, 0.25) is 0 Å². The summed E-state index contributed by atoms with van der Waals surface area (Å²) in [7, 11) is 0. The van der Waals surface area contributed by atoms with E-state index in [9.17, 15) is 5.11 Å². The molecule has 3 atom stereocenters. The lowest BCUT2D eigenvalue weighted by atomic mass is 9.85. The molecule has 3 unspecified atom stereocenters. The van der Waals surface area contributed by atoms with Crippen LogP contribution in [0.1, 0.15) is 26.7 Å². The number of nitrogens with one attached hydrogen (secondary N) is 1. The minimum Gasteiger partial charge on any atom is -0.389 e. The molecule has 0 spiro atoms. The first-order valence-electron chi connectivity index (χ1n) is 7.93. The fourth-order valence-electron chi connectivity index (χ4n) is 2.31. The molecule has 0 aromatic carbocycles. The van der Waals surface area contributed by atoms with Crippen molar-refractivity contribution < 1.29 is 14.6 Å². The van der Waals surface area contributed by atoms with Gasteiger partial charge in [-0.05, 0) is 31.6 Å². The maximum Gasteiger partial charge on any atom is 0.0897 e. The zero-order valence-electron chi connectivity index (χ0n) is 13.5.